The van der Waals surface area contributed by atoms with E-state index in [4.69, 9.17) is 14.2 Å². The van der Waals surface area contributed by atoms with Crippen molar-refractivity contribution in [3.05, 3.63) is 65.2 Å². The smallest absolute Gasteiger partial charge is 0.253 e. The summed E-state index contributed by atoms with van der Waals surface area (Å²) in [5, 5.41) is 0. The number of carbonyl (C=O) groups is 1. The highest BCUT2D eigenvalue weighted by Crippen LogP contribution is 2.44. The number of amides is 1. The molecule has 5 rings (SSSR count). The predicted octanol–water partition coefficient (Wildman–Crippen LogP) is 4.76. The van der Waals surface area contributed by atoms with Crippen molar-refractivity contribution in [2.45, 2.75) is 57.3 Å². The van der Waals surface area contributed by atoms with Gasteiger partial charge in [0.25, 0.3) is 5.91 Å². The number of hydrogen-bond donors (Lipinski definition) is 0. The molecule has 3 saturated heterocycles. The van der Waals surface area contributed by atoms with E-state index in [2.05, 4.69) is 49.1 Å². The molecule has 0 bridgehead atoms. The summed E-state index contributed by atoms with van der Waals surface area (Å²) in [6.45, 7) is 9.61. The van der Waals surface area contributed by atoms with Crippen LogP contribution < -0.4 is 4.90 Å². The van der Waals surface area contributed by atoms with E-state index >= 15 is 0 Å². The van der Waals surface area contributed by atoms with Gasteiger partial charge in [0.05, 0.1) is 31.0 Å². The normalized spacial score (nSPS) is 24.5. The van der Waals surface area contributed by atoms with Crippen LogP contribution in [0.1, 0.15) is 60.2 Å². The van der Waals surface area contributed by atoms with E-state index in [1.165, 1.54) is 11.3 Å². The summed E-state index contributed by atoms with van der Waals surface area (Å²) in [7, 11) is 0. The van der Waals surface area contributed by atoms with Crippen molar-refractivity contribution in [2.75, 3.05) is 50.9 Å². The number of likely N-dealkylation sites (tertiary alicyclic amines) is 1. The van der Waals surface area contributed by atoms with Crippen LogP contribution in [0.4, 0.5) is 5.69 Å². The third kappa shape index (κ3) is 5.40. The maximum atomic E-state index is 13.4. The monoisotopic (exact) mass is 478 g/mol. The zero-order valence-corrected chi connectivity index (χ0v) is 21.1. The fourth-order valence-corrected chi connectivity index (χ4v) is 5.94. The van der Waals surface area contributed by atoms with Gasteiger partial charge in [-0.05, 0) is 56.0 Å². The van der Waals surface area contributed by atoms with Crippen LogP contribution in [0.3, 0.4) is 0 Å². The largest absolute Gasteiger partial charge is 0.378 e. The minimum Gasteiger partial charge on any atom is -0.378 e. The molecule has 0 saturated carbocycles. The Kier molecular flexibility index (Phi) is 7.42. The van der Waals surface area contributed by atoms with E-state index in [1.54, 1.807) is 0 Å². The molecule has 3 fully saturated rings. The lowest BCUT2D eigenvalue weighted by atomic mass is 9.80. The number of benzene rings is 2. The van der Waals surface area contributed by atoms with E-state index in [9.17, 15) is 4.79 Å². The highest BCUT2D eigenvalue weighted by molar-refractivity contribution is 5.95. The van der Waals surface area contributed by atoms with Gasteiger partial charge in [-0.2, -0.15) is 0 Å². The average molecular weight is 479 g/mol. The Morgan fingerprint density at radius 2 is 1.80 bits per heavy atom. The summed E-state index contributed by atoms with van der Waals surface area (Å²) in [4.78, 5) is 17.7. The third-order valence-electron chi connectivity index (χ3n) is 7.80. The van der Waals surface area contributed by atoms with Gasteiger partial charge in [0.2, 0.25) is 0 Å². The maximum absolute atomic E-state index is 13.4. The van der Waals surface area contributed by atoms with E-state index in [0.29, 0.717) is 19.7 Å². The van der Waals surface area contributed by atoms with E-state index in [-0.39, 0.29) is 23.7 Å². The van der Waals surface area contributed by atoms with Crippen molar-refractivity contribution >= 4 is 11.6 Å². The molecule has 2 atom stereocenters. The molecule has 0 aliphatic carbocycles. The number of nitrogens with zero attached hydrogens (tertiary/aromatic N) is 2. The van der Waals surface area contributed by atoms with E-state index < -0.39 is 0 Å². The number of piperidine rings is 1. The average Bonchev–Trinajstić information content (AvgIpc) is 2.90. The van der Waals surface area contributed by atoms with Crippen molar-refractivity contribution in [3.8, 4) is 0 Å². The van der Waals surface area contributed by atoms with E-state index in [0.717, 1.165) is 63.1 Å². The number of anilines is 1. The predicted molar refractivity (Wildman–Crippen MR) is 137 cm³/mol. The molecule has 3 heterocycles. The first-order chi connectivity index (χ1) is 17.1. The van der Waals surface area contributed by atoms with Crippen molar-refractivity contribution in [2.24, 2.45) is 0 Å². The van der Waals surface area contributed by atoms with Crippen LogP contribution >= 0.6 is 0 Å². The molecule has 188 valence electrons. The Morgan fingerprint density at radius 3 is 2.49 bits per heavy atom. The lowest BCUT2D eigenvalue weighted by Crippen LogP contribution is -2.52. The van der Waals surface area contributed by atoms with Gasteiger partial charge < -0.3 is 24.0 Å². The van der Waals surface area contributed by atoms with Crippen molar-refractivity contribution in [3.63, 3.8) is 0 Å². The molecule has 35 heavy (non-hydrogen) atoms. The third-order valence-corrected chi connectivity index (χ3v) is 7.80. The van der Waals surface area contributed by atoms with Crippen LogP contribution in [0.15, 0.2) is 48.5 Å². The summed E-state index contributed by atoms with van der Waals surface area (Å²) in [6, 6.07) is 16.6. The molecule has 0 unspecified atom stereocenters. The fourth-order valence-electron chi connectivity index (χ4n) is 5.94. The molecule has 2 aromatic carbocycles. The topological polar surface area (TPSA) is 51.2 Å². The standard InChI is InChI=1S/C29H38N2O4/c1-3-34-25-20-27(23-7-5-4-6-8-23)35-29(21-25)11-13-31(14-12-29)28(32)24-9-10-26(22(2)19-24)30-15-17-33-18-16-30/h4-10,19,25,27H,3,11-18,20-21H2,1-2H3/t25-,27-/m0/s1. The van der Waals surface area contributed by atoms with Gasteiger partial charge in [0.15, 0.2) is 0 Å². The van der Waals surface area contributed by atoms with Gasteiger partial charge >= 0.3 is 0 Å². The molecule has 0 radical (unpaired) electrons. The number of rotatable bonds is 5. The highest BCUT2D eigenvalue weighted by Gasteiger charge is 2.45. The SMILES string of the molecule is CCO[C@H]1C[C@@H](c2ccccc2)OC2(CCN(C(=O)c3ccc(N4CCOCC4)c(C)c3)CC2)C1. The molecule has 6 heteroatoms. The first kappa shape index (κ1) is 24.3. The molecule has 3 aliphatic heterocycles. The minimum absolute atomic E-state index is 0.0409. The van der Waals surface area contributed by atoms with Crippen molar-refractivity contribution in [1.82, 2.24) is 4.90 Å². The van der Waals surface area contributed by atoms with Gasteiger partial charge in [0, 0.05) is 56.9 Å². The molecular formula is C29H38N2O4. The van der Waals surface area contributed by atoms with Gasteiger partial charge in [-0.25, -0.2) is 0 Å². The zero-order chi connectivity index (χ0) is 24.3. The number of carbonyl (C=O) groups excluding carboxylic acids is 1. The minimum atomic E-state index is -0.231. The van der Waals surface area contributed by atoms with Crippen LogP contribution in [0.25, 0.3) is 0 Å². The Balaban J connectivity index is 1.25. The lowest BCUT2D eigenvalue weighted by molar-refractivity contribution is -0.190. The number of ether oxygens (including phenoxy) is 3. The van der Waals surface area contributed by atoms with Gasteiger partial charge in [-0.3, -0.25) is 4.79 Å². The van der Waals surface area contributed by atoms with Crippen molar-refractivity contribution in [1.29, 1.82) is 0 Å². The first-order valence-corrected chi connectivity index (χ1v) is 13.1. The Bertz CT molecular complexity index is 997. The van der Waals surface area contributed by atoms with Gasteiger partial charge in [0.1, 0.15) is 0 Å². The van der Waals surface area contributed by atoms with Crippen LogP contribution in [0.5, 0.6) is 0 Å². The van der Waals surface area contributed by atoms with Crippen LogP contribution in [0.2, 0.25) is 0 Å². The molecule has 1 amide bonds. The van der Waals surface area contributed by atoms with Crippen molar-refractivity contribution < 1.29 is 19.0 Å². The Morgan fingerprint density at radius 1 is 1.06 bits per heavy atom. The maximum Gasteiger partial charge on any atom is 0.253 e. The summed E-state index contributed by atoms with van der Waals surface area (Å²) >= 11 is 0. The molecule has 6 nitrogen and oxygen atoms in total. The van der Waals surface area contributed by atoms with E-state index in [1.807, 2.05) is 23.1 Å². The number of morpholine rings is 1. The van der Waals surface area contributed by atoms with Crippen LogP contribution in [-0.2, 0) is 14.2 Å². The first-order valence-electron chi connectivity index (χ1n) is 13.1. The summed E-state index contributed by atoms with van der Waals surface area (Å²) in [5.74, 6) is 0.119. The van der Waals surface area contributed by atoms with Crippen LogP contribution in [0, 0.1) is 6.92 Å². The Labute approximate surface area is 209 Å². The molecular weight excluding hydrogens is 440 g/mol. The van der Waals surface area contributed by atoms with Crippen LogP contribution in [-0.4, -0.2) is 68.5 Å². The van der Waals surface area contributed by atoms with Gasteiger partial charge in [-0.1, -0.05) is 30.3 Å². The second-order valence-electron chi connectivity index (χ2n) is 10.1. The quantitative estimate of drug-likeness (QED) is 0.620. The molecule has 2 aromatic rings. The second kappa shape index (κ2) is 10.7. The zero-order valence-electron chi connectivity index (χ0n) is 21.1. The molecule has 0 N–H and O–H groups in total. The highest BCUT2D eigenvalue weighted by atomic mass is 16.5. The molecule has 0 aromatic heterocycles. The second-order valence-corrected chi connectivity index (χ2v) is 10.1. The number of aryl methyl sites for hydroxylation is 1. The Hall–Kier alpha value is -2.41. The summed E-state index contributed by atoms with van der Waals surface area (Å²) in [5.41, 5.74) is 4.10. The lowest BCUT2D eigenvalue weighted by Gasteiger charge is -2.48. The molecule has 3 aliphatic rings. The van der Waals surface area contributed by atoms with Gasteiger partial charge in [-0.15, -0.1) is 0 Å². The molecule has 1 spiro atoms. The summed E-state index contributed by atoms with van der Waals surface area (Å²) < 4.78 is 18.4. The number of hydrogen-bond acceptors (Lipinski definition) is 5. The summed E-state index contributed by atoms with van der Waals surface area (Å²) in [6.07, 6.45) is 3.71. The fraction of sp³-hybridized carbons (Fsp3) is 0.552.